The highest BCUT2D eigenvalue weighted by atomic mass is 32.2. The molecule has 0 aliphatic carbocycles. The SMILES string of the molecule is CSCC(=O)N1CCn2nc([C@@H](O)Cc3ccccc3)cc2C1. The van der Waals surface area contributed by atoms with Crippen LogP contribution in [0.15, 0.2) is 36.4 Å². The van der Waals surface area contributed by atoms with Crippen molar-refractivity contribution in [3.05, 3.63) is 53.3 Å². The van der Waals surface area contributed by atoms with E-state index in [9.17, 15) is 9.90 Å². The molecule has 122 valence electrons. The summed E-state index contributed by atoms with van der Waals surface area (Å²) >= 11 is 1.54. The van der Waals surface area contributed by atoms with E-state index in [1.165, 1.54) is 0 Å². The first-order chi connectivity index (χ1) is 11.2. The molecule has 1 amide bonds. The highest BCUT2D eigenvalue weighted by Crippen LogP contribution is 2.21. The minimum atomic E-state index is -0.620. The number of benzene rings is 1. The zero-order chi connectivity index (χ0) is 16.2. The average Bonchev–Trinajstić information content (AvgIpc) is 2.99. The first-order valence-electron chi connectivity index (χ1n) is 7.72. The Hall–Kier alpha value is -1.79. The summed E-state index contributed by atoms with van der Waals surface area (Å²) < 4.78 is 1.91. The van der Waals surface area contributed by atoms with Crippen LogP contribution in [0, 0.1) is 0 Å². The van der Waals surface area contributed by atoms with Crippen LogP contribution in [0.1, 0.15) is 23.1 Å². The number of aliphatic hydroxyl groups excluding tert-OH is 1. The van der Waals surface area contributed by atoms with E-state index in [-0.39, 0.29) is 5.91 Å². The molecular weight excluding hydrogens is 310 g/mol. The second kappa shape index (κ2) is 7.19. The van der Waals surface area contributed by atoms with Gasteiger partial charge in [-0.3, -0.25) is 9.48 Å². The number of hydrogen-bond donors (Lipinski definition) is 1. The molecular formula is C17H21N3O2S. The summed E-state index contributed by atoms with van der Waals surface area (Å²) in [7, 11) is 0. The van der Waals surface area contributed by atoms with E-state index in [1.807, 2.05) is 52.2 Å². The number of hydrogen-bond acceptors (Lipinski definition) is 4. The van der Waals surface area contributed by atoms with Gasteiger partial charge in [0.25, 0.3) is 0 Å². The van der Waals surface area contributed by atoms with Crippen LogP contribution in [-0.2, 0) is 24.3 Å². The molecule has 1 N–H and O–H groups in total. The van der Waals surface area contributed by atoms with Gasteiger partial charge in [-0.15, -0.1) is 0 Å². The Morgan fingerprint density at radius 1 is 1.35 bits per heavy atom. The lowest BCUT2D eigenvalue weighted by atomic mass is 10.1. The molecule has 3 rings (SSSR count). The Bertz CT molecular complexity index is 672. The van der Waals surface area contributed by atoms with Gasteiger partial charge in [-0.05, 0) is 17.9 Å². The second-order valence-electron chi connectivity index (χ2n) is 5.74. The van der Waals surface area contributed by atoms with Crippen LogP contribution < -0.4 is 0 Å². The van der Waals surface area contributed by atoms with Crippen molar-refractivity contribution in [1.82, 2.24) is 14.7 Å². The fourth-order valence-electron chi connectivity index (χ4n) is 2.82. The maximum atomic E-state index is 12.0. The number of carbonyl (C=O) groups excluding carboxylic acids is 1. The molecule has 2 heterocycles. The Kier molecular flexibility index (Phi) is 5.03. The third-order valence-electron chi connectivity index (χ3n) is 4.05. The van der Waals surface area contributed by atoms with Crippen molar-refractivity contribution in [3.63, 3.8) is 0 Å². The van der Waals surface area contributed by atoms with Gasteiger partial charge in [0.05, 0.1) is 30.2 Å². The van der Waals surface area contributed by atoms with Gasteiger partial charge in [0.2, 0.25) is 5.91 Å². The van der Waals surface area contributed by atoms with Crippen molar-refractivity contribution >= 4 is 17.7 Å². The van der Waals surface area contributed by atoms with Gasteiger partial charge in [-0.25, -0.2) is 0 Å². The highest BCUT2D eigenvalue weighted by Gasteiger charge is 2.23. The van der Waals surface area contributed by atoms with Gasteiger partial charge < -0.3 is 10.0 Å². The minimum Gasteiger partial charge on any atom is -0.386 e. The number of carbonyl (C=O) groups is 1. The van der Waals surface area contributed by atoms with Crippen molar-refractivity contribution in [2.24, 2.45) is 0 Å². The molecule has 6 heteroatoms. The van der Waals surface area contributed by atoms with Crippen molar-refractivity contribution in [3.8, 4) is 0 Å². The summed E-state index contributed by atoms with van der Waals surface area (Å²) in [5, 5.41) is 14.9. The highest BCUT2D eigenvalue weighted by molar-refractivity contribution is 7.99. The van der Waals surface area contributed by atoms with Crippen LogP contribution in [0.5, 0.6) is 0 Å². The molecule has 0 saturated heterocycles. The van der Waals surface area contributed by atoms with Crippen LogP contribution in [0.3, 0.4) is 0 Å². The van der Waals surface area contributed by atoms with E-state index in [4.69, 9.17) is 0 Å². The Labute approximate surface area is 140 Å². The number of aromatic nitrogens is 2. The average molecular weight is 331 g/mol. The monoisotopic (exact) mass is 331 g/mol. The van der Waals surface area contributed by atoms with Gasteiger partial charge in [-0.1, -0.05) is 30.3 Å². The van der Waals surface area contributed by atoms with E-state index in [0.717, 1.165) is 11.3 Å². The maximum absolute atomic E-state index is 12.0. The zero-order valence-corrected chi connectivity index (χ0v) is 14.0. The first-order valence-corrected chi connectivity index (χ1v) is 9.12. The van der Waals surface area contributed by atoms with Gasteiger partial charge in [0.15, 0.2) is 0 Å². The third kappa shape index (κ3) is 3.76. The summed E-state index contributed by atoms with van der Waals surface area (Å²) in [5.41, 5.74) is 2.76. The molecule has 0 radical (unpaired) electrons. The molecule has 1 aliphatic heterocycles. The lowest BCUT2D eigenvalue weighted by Crippen LogP contribution is -2.39. The van der Waals surface area contributed by atoms with E-state index in [1.54, 1.807) is 11.8 Å². The Morgan fingerprint density at radius 2 is 2.13 bits per heavy atom. The molecule has 0 spiro atoms. The predicted molar refractivity (Wildman–Crippen MR) is 91.1 cm³/mol. The quantitative estimate of drug-likeness (QED) is 0.909. The number of rotatable bonds is 5. The van der Waals surface area contributed by atoms with E-state index >= 15 is 0 Å². The third-order valence-corrected chi connectivity index (χ3v) is 4.59. The smallest absolute Gasteiger partial charge is 0.232 e. The molecule has 1 atom stereocenters. The van der Waals surface area contributed by atoms with Crippen molar-refractivity contribution in [1.29, 1.82) is 0 Å². The molecule has 23 heavy (non-hydrogen) atoms. The topological polar surface area (TPSA) is 58.4 Å². The van der Waals surface area contributed by atoms with Crippen LogP contribution in [0.2, 0.25) is 0 Å². The largest absolute Gasteiger partial charge is 0.386 e. The summed E-state index contributed by atoms with van der Waals surface area (Å²) in [4.78, 5) is 13.9. The van der Waals surface area contributed by atoms with Gasteiger partial charge in [0.1, 0.15) is 6.10 Å². The number of fused-ring (bicyclic) bond motifs is 1. The summed E-state index contributed by atoms with van der Waals surface area (Å²) in [6, 6.07) is 11.8. The minimum absolute atomic E-state index is 0.163. The molecule has 1 aromatic heterocycles. The molecule has 5 nitrogen and oxygen atoms in total. The summed E-state index contributed by atoms with van der Waals surface area (Å²) in [5.74, 6) is 0.675. The van der Waals surface area contributed by atoms with Gasteiger partial charge in [-0.2, -0.15) is 16.9 Å². The zero-order valence-electron chi connectivity index (χ0n) is 13.2. The normalized spacial score (nSPS) is 15.3. The number of nitrogens with zero attached hydrogens (tertiary/aromatic N) is 3. The molecule has 0 saturated carbocycles. The second-order valence-corrected chi connectivity index (χ2v) is 6.60. The van der Waals surface area contributed by atoms with Crippen LogP contribution in [0.25, 0.3) is 0 Å². The number of aliphatic hydroxyl groups is 1. The van der Waals surface area contributed by atoms with Gasteiger partial charge in [0, 0.05) is 13.0 Å². The number of amides is 1. The fraction of sp³-hybridized carbons (Fsp3) is 0.412. The molecule has 2 aromatic rings. The molecule has 1 aliphatic rings. The lowest BCUT2D eigenvalue weighted by Gasteiger charge is -2.27. The standard InChI is InChI=1S/C17H21N3O2S/c1-23-12-17(22)19-7-8-20-14(11-19)10-15(18-20)16(21)9-13-5-3-2-4-6-13/h2-6,10,16,21H,7-9,11-12H2,1H3/t16-/m0/s1. The van der Waals surface area contributed by atoms with Crippen molar-refractivity contribution < 1.29 is 9.90 Å². The lowest BCUT2D eigenvalue weighted by molar-refractivity contribution is -0.129. The Morgan fingerprint density at radius 3 is 2.87 bits per heavy atom. The fourth-order valence-corrected chi connectivity index (χ4v) is 3.25. The summed E-state index contributed by atoms with van der Waals surface area (Å²) in [6.07, 6.45) is 1.86. The van der Waals surface area contributed by atoms with E-state index in [0.29, 0.717) is 37.5 Å². The predicted octanol–water partition coefficient (Wildman–Crippen LogP) is 1.86. The van der Waals surface area contributed by atoms with Crippen LogP contribution in [-0.4, -0.2) is 44.2 Å². The van der Waals surface area contributed by atoms with Crippen LogP contribution >= 0.6 is 11.8 Å². The van der Waals surface area contributed by atoms with Crippen molar-refractivity contribution in [2.75, 3.05) is 18.6 Å². The molecule has 1 aromatic carbocycles. The molecule has 0 unspecified atom stereocenters. The van der Waals surface area contributed by atoms with Crippen LogP contribution in [0.4, 0.5) is 0 Å². The summed E-state index contributed by atoms with van der Waals surface area (Å²) in [6.45, 7) is 1.94. The first kappa shape index (κ1) is 16.1. The number of thioether (sulfide) groups is 1. The van der Waals surface area contributed by atoms with E-state index < -0.39 is 6.10 Å². The van der Waals surface area contributed by atoms with E-state index in [2.05, 4.69) is 5.10 Å². The molecule has 0 fully saturated rings. The molecule has 0 bridgehead atoms. The van der Waals surface area contributed by atoms with Gasteiger partial charge >= 0.3 is 0 Å². The maximum Gasteiger partial charge on any atom is 0.232 e. The van der Waals surface area contributed by atoms with Crippen molar-refractivity contribution in [2.45, 2.75) is 25.6 Å². The Balaban J connectivity index is 1.69.